The molecule has 1 aliphatic rings. The zero-order valence-electron chi connectivity index (χ0n) is 37.3. The molecule has 0 spiro atoms. The summed E-state index contributed by atoms with van der Waals surface area (Å²) in [4.78, 5) is 31.1. The van der Waals surface area contributed by atoms with Crippen molar-refractivity contribution in [3.8, 4) is 46.0 Å². The van der Waals surface area contributed by atoms with E-state index in [9.17, 15) is 62.3 Å². The molecular formula is C42H38BBrF12N2O12. The van der Waals surface area contributed by atoms with Crippen molar-refractivity contribution in [3.63, 3.8) is 0 Å². The van der Waals surface area contributed by atoms with E-state index in [1.165, 1.54) is 32.5 Å². The number of carbonyl (C=O) groups is 2. The lowest BCUT2D eigenvalue weighted by Gasteiger charge is -2.38. The topological polar surface area (TPSA) is 152 Å². The number of carbonyl (C=O) groups excluding carboxylic acids is 2. The first kappa shape index (κ1) is 57.9. The van der Waals surface area contributed by atoms with Gasteiger partial charge in [-0.15, -0.1) is 26.3 Å². The van der Waals surface area contributed by atoms with Gasteiger partial charge in [0, 0.05) is 42.8 Å². The molecule has 70 heavy (non-hydrogen) atoms. The van der Waals surface area contributed by atoms with E-state index in [1.807, 2.05) is 0 Å². The lowest BCUT2D eigenvalue weighted by atomic mass is 9.74. The minimum Gasteiger partial charge on any atom is -0.493 e. The molecule has 1 aliphatic heterocycles. The number of allylic oxidation sites excluding steroid dienone is 2. The van der Waals surface area contributed by atoms with Crippen molar-refractivity contribution >= 4 is 40.6 Å². The summed E-state index contributed by atoms with van der Waals surface area (Å²) >= 11 is 3.14. The standard InChI is InChI=1S/C18H13F6NO5.C15H11BrF3NO5.C9H14BF3O2/c1-9(17(19,20)21)12-7-14(11(8-25-12)16(26)28-3)29-13-5-4-10(6-15(13)27-2)30-18(22,23)24;1-22-12-5-8(25-15(17,18)19)3-4-10(12)24-11-6-13(16)20-7-9(11)14(21)23-2;1-6-5-8(3,4)15-10(14-6)7(2)9(11,12)13/h4-8H,1H2,2-3H3;3-7H,1-2H3;6H,2,5H2,1,3-4H3. The molecule has 2 aromatic carbocycles. The number of halogens is 13. The number of rotatable bonds is 12. The van der Waals surface area contributed by atoms with Gasteiger partial charge in [0.2, 0.25) is 0 Å². The highest BCUT2D eigenvalue weighted by Crippen LogP contribution is 2.41. The third-order valence-corrected chi connectivity index (χ3v) is 8.98. The van der Waals surface area contributed by atoms with Crippen LogP contribution in [-0.4, -0.2) is 94.2 Å². The van der Waals surface area contributed by atoms with Gasteiger partial charge in [0.25, 0.3) is 0 Å². The second-order valence-corrected chi connectivity index (χ2v) is 15.1. The van der Waals surface area contributed by atoms with Gasteiger partial charge in [0.15, 0.2) is 23.0 Å². The van der Waals surface area contributed by atoms with Crippen molar-refractivity contribution in [1.29, 1.82) is 0 Å². The lowest BCUT2D eigenvalue weighted by Crippen LogP contribution is -2.48. The van der Waals surface area contributed by atoms with Gasteiger partial charge >= 0.3 is 44.1 Å². The molecule has 0 radical (unpaired) electrons. The Balaban J connectivity index is 0.000000293. The van der Waals surface area contributed by atoms with Crippen LogP contribution in [0.4, 0.5) is 52.7 Å². The number of esters is 2. The maximum Gasteiger partial charge on any atom is 0.573 e. The van der Waals surface area contributed by atoms with Crippen LogP contribution in [0.15, 0.2) is 84.2 Å². The molecule has 0 amide bonds. The summed E-state index contributed by atoms with van der Waals surface area (Å²) < 4.78 is 198. The molecule has 0 N–H and O–H groups in total. The van der Waals surface area contributed by atoms with E-state index in [0.717, 1.165) is 56.8 Å². The molecule has 382 valence electrons. The zero-order valence-corrected chi connectivity index (χ0v) is 38.8. The van der Waals surface area contributed by atoms with Crippen LogP contribution in [-0.2, 0) is 18.8 Å². The predicted molar refractivity (Wildman–Crippen MR) is 225 cm³/mol. The number of methoxy groups -OCH3 is 4. The predicted octanol–water partition coefficient (Wildman–Crippen LogP) is 12.2. The van der Waals surface area contributed by atoms with Crippen molar-refractivity contribution in [3.05, 3.63) is 101 Å². The van der Waals surface area contributed by atoms with Gasteiger partial charge < -0.3 is 47.2 Å². The fourth-order valence-electron chi connectivity index (χ4n) is 5.56. The summed E-state index contributed by atoms with van der Waals surface area (Å²) in [5.41, 5.74) is -3.85. The monoisotopic (exact) mass is 1080 g/mol. The summed E-state index contributed by atoms with van der Waals surface area (Å²) in [5.74, 6) is -3.51. The SMILES string of the molecule is C=C(B1OC(C)CC(C)(C)O1)C(F)(F)F.C=C(c1cc(Oc2ccc(OC(F)(F)F)cc2OC)c(C(=O)OC)cn1)C(F)(F)F.COC(=O)c1cnc(Br)cc1Oc1ccc(OC(F)(F)F)cc1OC. The molecule has 3 heterocycles. The van der Waals surface area contributed by atoms with E-state index < -0.39 is 83.7 Å². The second kappa shape index (κ2) is 23.5. The number of ether oxygens (including phenoxy) is 8. The maximum atomic E-state index is 12.9. The highest BCUT2D eigenvalue weighted by molar-refractivity contribution is 9.10. The molecule has 1 saturated heterocycles. The van der Waals surface area contributed by atoms with Crippen molar-refractivity contribution < 1.29 is 109 Å². The van der Waals surface area contributed by atoms with E-state index in [-0.39, 0.29) is 46.0 Å². The van der Waals surface area contributed by atoms with Crippen molar-refractivity contribution in [2.24, 2.45) is 0 Å². The summed E-state index contributed by atoms with van der Waals surface area (Å²) in [6, 6.07) is 8.23. The fourth-order valence-corrected chi connectivity index (χ4v) is 5.87. The normalized spacial score (nSPS) is 14.6. The van der Waals surface area contributed by atoms with Crippen LogP contribution in [0, 0.1) is 0 Å². The average molecular weight is 1080 g/mol. The molecule has 4 aromatic rings. The number of aromatic nitrogens is 2. The molecular weight excluding hydrogens is 1040 g/mol. The Kier molecular flexibility index (Phi) is 19.4. The van der Waals surface area contributed by atoms with Crippen LogP contribution in [0.25, 0.3) is 5.57 Å². The Hall–Kier alpha value is -6.42. The van der Waals surface area contributed by atoms with Gasteiger partial charge in [0.05, 0.1) is 50.8 Å². The third-order valence-electron chi connectivity index (χ3n) is 8.55. The molecule has 0 aliphatic carbocycles. The molecule has 0 bridgehead atoms. The van der Waals surface area contributed by atoms with Gasteiger partial charge in [0.1, 0.15) is 38.7 Å². The summed E-state index contributed by atoms with van der Waals surface area (Å²) in [6.45, 7) is 11.1. The molecule has 0 saturated carbocycles. The molecule has 1 atom stereocenters. The molecule has 1 fully saturated rings. The summed E-state index contributed by atoms with van der Waals surface area (Å²) in [6.07, 6.45) is -16.7. The molecule has 1 unspecified atom stereocenters. The van der Waals surface area contributed by atoms with Crippen LogP contribution in [0.3, 0.4) is 0 Å². The first-order valence-corrected chi connectivity index (χ1v) is 19.9. The van der Waals surface area contributed by atoms with Crippen LogP contribution < -0.4 is 28.4 Å². The van der Waals surface area contributed by atoms with E-state index in [2.05, 4.69) is 58.0 Å². The van der Waals surface area contributed by atoms with Gasteiger partial charge in [-0.05, 0) is 67.4 Å². The first-order chi connectivity index (χ1) is 32.2. The number of nitrogens with zero attached hydrogens (tertiary/aromatic N) is 2. The molecule has 5 rings (SSSR count). The van der Waals surface area contributed by atoms with E-state index in [1.54, 1.807) is 20.8 Å². The Morgan fingerprint density at radius 3 is 1.50 bits per heavy atom. The highest BCUT2D eigenvalue weighted by Gasteiger charge is 2.48. The van der Waals surface area contributed by atoms with E-state index in [0.29, 0.717) is 11.0 Å². The zero-order chi connectivity index (χ0) is 53.2. The molecule has 14 nitrogen and oxygen atoms in total. The van der Waals surface area contributed by atoms with Crippen molar-refractivity contribution in [1.82, 2.24) is 9.97 Å². The van der Waals surface area contributed by atoms with Crippen LogP contribution in [0.5, 0.6) is 46.0 Å². The Labute approximate surface area is 398 Å². The van der Waals surface area contributed by atoms with Crippen LogP contribution in [0.2, 0.25) is 0 Å². The fraction of sp³-hybridized carbons (Fsp3) is 0.333. The molecule has 28 heteroatoms. The number of hydrogen-bond acceptors (Lipinski definition) is 14. The van der Waals surface area contributed by atoms with Crippen LogP contribution in [0.1, 0.15) is 53.6 Å². The van der Waals surface area contributed by atoms with Crippen molar-refractivity contribution in [2.75, 3.05) is 28.4 Å². The van der Waals surface area contributed by atoms with Crippen molar-refractivity contribution in [2.45, 2.75) is 64.0 Å². The smallest absolute Gasteiger partial charge is 0.493 e. The number of pyridine rings is 2. The number of alkyl halides is 12. The third kappa shape index (κ3) is 17.5. The summed E-state index contributed by atoms with van der Waals surface area (Å²) in [7, 11) is 3.20. The minimum atomic E-state index is -4.95. The largest absolute Gasteiger partial charge is 0.573 e. The Morgan fingerprint density at radius 2 is 1.11 bits per heavy atom. The quantitative estimate of drug-likeness (QED) is 0.0572. The number of hydrogen-bond donors (Lipinski definition) is 0. The number of benzene rings is 2. The Morgan fingerprint density at radius 1 is 0.671 bits per heavy atom. The summed E-state index contributed by atoms with van der Waals surface area (Å²) in [5, 5.41) is 0. The first-order valence-electron chi connectivity index (χ1n) is 19.1. The van der Waals surface area contributed by atoms with Gasteiger partial charge in [-0.2, -0.15) is 26.3 Å². The van der Waals surface area contributed by atoms with Gasteiger partial charge in [-0.25, -0.2) is 14.6 Å². The van der Waals surface area contributed by atoms with Crippen LogP contribution >= 0.6 is 15.9 Å². The molecule has 2 aromatic heterocycles. The van der Waals surface area contributed by atoms with Gasteiger partial charge in [-0.3, -0.25) is 4.98 Å². The lowest BCUT2D eigenvalue weighted by molar-refractivity contribution is -0.275. The minimum absolute atomic E-state index is 0.0227. The average Bonchev–Trinajstić information content (AvgIpc) is 3.24. The van der Waals surface area contributed by atoms with E-state index in [4.69, 9.17) is 28.3 Å². The highest BCUT2D eigenvalue weighted by atomic mass is 79.9. The van der Waals surface area contributed by atoms with Gasteiger partial charge in [-0.1, -0.05) is 13.2 Å². The second-order valence-electron chi connectivity index (χ2n) is 14.3. The van der Waals surface area contributed by atoms with E-state index >= 15 is 0 Å². The maximum absolute atomic E-state index is 12.9. The Bertz CT molecular complexity index is 2500.